The molecule has 182 valence electrons. The number of pyridine rings is 1. The zero-order valence-electron chi connectivity index (χ0n) is 19.5. The first kappa shape index (κ1) is 21.9. The summed E-state index contributed by atoms with van der Waals surface area (Å²) in [5, 5.41) is 2.91. The third kappa shape index (κ3) is 4.17. The third-order valence-corrected chi connectivity index (χ3v) is 6.36. The number of hydrogen-bond acceptors (Lipinski definition) is 7. The van der Waals surface area contributed by atoms with Crippen LogP contribution in [-0.4, -0.2) is 58.4 Å². The molecule has 2 aromatic carbocycles. The van der Waals surface area contributed by atoms with Gasteiger partial charge in [-0.1, -0.05) is 30.3 Å². The van der Waals surface area contributed by atoms with E-state index in [4.69, 9.17) is 9.47 Å². The number of nitrogens with one attached hydrogen (secondary N) is 1. The summed E-state index contributed by atoms with van der Waals surface area (Å²) < 4.78 is 12.4. The summed E-state index contributed by atoms with van der Waals surface area (Å²) in [5.41, 5.74) is 2.67. The minimum absolute atomic E-state index is 0.181. The van der Waals surface area contributed by atoms with E-state index in [0.717, 1.165) is 5.56 Å². The molecule has 1 N–H and O–H groups in total. The van der Waals surface area contributed by atoms with Crippen LogP contribution in [0.15, 0.2) is 71.7 Å². The number of aromatic nitrogens is 3. The highest BCUT2D eigenvalue weighted by atomic mass is 16.7. The van der Waals surface area contributed by atoms with Crippen LogP contribution in [0, 0.1) is 0 Å². The van der Waals surface area contributed by atoms with Gasteiger partial charge in [-0.15, -0.1) is 0 Å². The number of carbonyl (C=O) groups is 1. The Bertz CT molecular complexity index is 1480. The van der Waals surface area contributed by atoms with Gasteiger partial charge in [0.05, 0.1) is 6.54 Å². The molecule has 0 radical (unpaired) electrons. The Balaban J connectivity index is 1.19. The topological polar surface area (TPSA) is 102 Å². The summed E-state index contributed by atoms with van der Waals surface area (Å²) in [6, 6.07) is 18.6. The molecule has 2 aliphatic rings. The standard InChI is InChI=1S/C26H24N6O4/c33-25-24(29-20-7-4-10-27-23(20)32(25)16-18-5-2-1-3-6-18)30-11-13-31(14-12-30)26(34)28-19-8-9-21-22(15-19)36-17-35-21/h1-10,15H,11-14,16-17H2,(H,28,34). The molecule has 2 amide bonds. The van der Waals surface area contributed by atoms with Crippen LogP contribution in [0.1, 0.15) is 5.56 Å². The van der Waals surface area contributed by atoms with Crippen LogP contribution >= 0.6 is 0 Å². The first-order valence-corrected chi connectivity index (χ1v) is 11.8. The maximum Gasteiger partial charge on any atom is 0.321 e. The molecule has 4 aromatic rings. The van der Waals surface area contributed by atoms with Crippen molar-refractivity contribution >= 4 is 28.7 Å². The number of urea groups is 1. The van der Waals surface area contributed by atoms with E-state index in [0.29, 0.717) is 66.9 Å². The molecule has 0 spiro atoms. The summed E-state index contributed by atoms with van der Waals surface area (Å²) in [6.07, 6.45) is 1.67. The molecule has 2 aliphatic heterocycles. The molecule has 0 atom stereocenters. The number of fused-ring (bicyclic) bond motifs is 2. The maximum absolute atomic E-state index is 13.5. The minimum Gasteiger partial charge on any atom is -0.454 e. The summed E-state index contributed by atoms with van der Waals surface area (Å²) in [6.45, 7) is 2.49. The summed E-state index contributed by atoms with van der Waals surface area (Å²) in [4.78, 5) is 39.1. The van der Waals surface area contributed by atoms with E-state index in [9.17, 15) is 9.59 Å². The quantitative estimate of drug-likeness (QED) is 0.475. The van der Waals surface area contributed by atoms with E-state index in [2.05, 4.69) is 15.3 Å². The van der Waals surface area contributed by atoms with Crippen molar-refractivity contribution in [2.75, 3.05) is 43.2 Å². The number of nitrogens with zero attached hydrogens (tertiary/aromatic N) is 5. The number of benzene rings is 2. The van der Waals surface area contributed by atoms with Gasteiger partial charge in [-0.3, -0.25) is 9.36 Å². The number of amides is 2. The Kier molecular flexibility index (Phi) is 5.61. The molecule has 6 rings (SSSR count). The summed E-state index contributed by atoms with van der Waals surface area (Å²) in [7, 11) is 0. The van der Waals surface area contributed by atoms with Crippen LogP contribution in [0.5, 0.6) is 11.5 Å². The second kappa shape index (κ2) is 9.21. The monoisotopic (exact) mass is 484 g/mol. The second-order valence-corrected chi connectivity index (χ2v) is 8.63. The fourth-order valence-electron chi connectivity index (χ4n) is 4.48. The van der Waals surface area contributed by atoms with Crippen molar-refractivity contribution in [1.29, 1.82) is 0 Å². The lowest BCUT2D eigenvalue weighted by molar-refractivity contribution is 0.174. The molecule has 0 saturated carbocycles. The molecule has 4 heterocycles. The third-order valence-electron chi connectivity index (χ3n) is 6.36. The van der Waals surface area contributed by atoms with Crippen molar-refractivity contribution in [1.82, 2.24) is 19.4 Å². The summed E-state index contributed by atoms with van der Waals surface area (Å²) in [5.74, 6) is 1.65. The van der Waals surface area contributed by atoms with E-state index >= 15 is 0 Å². The normalized spacial score (nSPS) is 14.8. The molecule has 1 saturated heterocycles. The van der Waals surface area contributed by atoms with Crippen molar-refractivity contribution in [2.24, 2.45) is 0 Å². The number of piperazine rings is 1. The molecule has 1 fully saturated rings. The lowest BCUT2D eigenvalue weighted by atomic mass is 10.2. The van der Waals surface area contributed by atoms with Crippen molar-refractivity contribution in [2.45, 2.75) is 6.54 Å². The van der Waals surface area contributed by atoms with E-state index in [1.165, 1.54) is 0 Å². The molecule has 2 aromatic heterocycles. The van der Waals surface area contributed by atoms with Crippen LogP contribution in [0.4, 0.5) is 16.3 Å². The van der Waals surface area contributed by atoms with Crippen molar-refractivity contribution in [3.63, 3.8) is 0 Å². The molecule has 0 unspecified atom stereocenters. The van der Waals surface area contributed by atoms with Crippen LogP contribution < -0.4 is 25.2 Å². The highest BCUT2D eigenvalue weighted by Crippen LogP contribution is 2.34. The fourth-order valence-corrected chi connectivity index (χ4v) is 4.48. The Morgan fingerprint density at radius 1 is 0.944 bits per heavy atom. The first-order chi connectivity index (χ1) is 17.7. The van der Waals surface area contributed by atoms with Gasteiger partial charge in [0.15, 0.2) is 23.0 Å². The van der Waals surface area contributed by atoms with Crippen molar-refractivity contribution in [3.8, 4) is 11.5 Å². The van der Waals surface area contributed by atoms with Gasteiger partial charge in [0.1, 0.15) is 5.52 Å². The minimum atomic E-state index is -0.203. The van der Waals surface area contributed by atoms with Gasteiger partial charge in [0.25, 0.3) is 5.56 Å². The number of ether oxygens (including phenoxy) is 2. The Labute approximate surface area is 206 Å². The zero-order valence-corrected chi connectivity index (χ0v) is 19.5. The van der Waals surface area contributed by atoms with E-state index in [-0.39, 0.29) is 18.4 Å². The maximum atomic E-state index is 13.5. The smallest absolute Gasteiger partial charge is 0.321 e. The average Bonchev–Trinajstić information content (AvgIpc) is 3.39. The van der Waals surface area contributed by atoms with Gasteiger partial charge >= 0.3 is 6.03 Å². The Hall–Kier alpha value is -4.60. The highest BCUT2D eigenvalue weighted by molar-refractivity contribution is 5.90. The fraction of sp³-hybridized carbons (Fsp3) is 0.231. The predicted octanol–water partition coefficient (Wildman–Crippen LogP) is 2.92. The van der Waals surface area contributed by atoms with Crippen LogP contribution in [0.25, 0.3) is 11.2 Å². The molecule has 0 aliphatic carbocycles. The summed E-state index contributed by atoms with van der Waals surface area (Å²) >= 11 is 0. The largest absolute Gasteiger partial charge is 0.454 e. The number of carbonyl (C=O) groups excluding carboxylic acids is 1. The molecule has 0 bridgehead atoms. The Morgan fingerprint density at radius 2 is 1.75 bits per heavy atom. The van der Waals surface area contributed by atoms with Gasteiger partial charge in [-0.05, 0) is 29.8 Å². The van der Waals surface area contributed by atoms with Gasteiger partial charge in [0.2, 0.25) is 6.79 Å². The molecular formula is C26H24N6O4. The van der Waals surface area contributed by atoms with Crippen LogP contribution in [0.2, 0.25) is 0 Å². The number of hydrogen-bond donors (Lipinski definition) is 1. The average molecular weight is 485 g/mol. The van der Waals surface area contributed by atoms with E-state index in [1.54, 1.807) is 33.9 Å². The zero-order chi connectivity index (χ0) is 24.5. The lowest BCUT2D eigenvalue weighted by Gasteiger charge is -2.35. The number of rotatable bonds is 4. The molecule has 10 nitrogen and oxygen atoms in total. The molecule has 10 heteroatoms. The number of anilines is 2. The van der Waals surface area contributed by atoms with Crippen LogP contribution in [-0.2, 0) is 6.54 Å². The molecular weight excluding hydrogens is 460 g/mol. The molecule has 36 heavy (non-hydrogen) atoms. The van der Waals surface area contributed by atoms with Crippen molar-refractivity contribution < 1.29 is 14.3 Å². The SMILES string of the molecule is O=C(Nc1ccc2c(c1)OCO2)N1CCN(c2nc3cccnc3n(Cc3ccccc3)c2=O)CC1. The first-order valence-electron chi connectivity index (χ1n) is 11.8. The van der Waals surface area contributed by atoms with Crippen LogP contribution in [0.3, 0.4) is 0 Å². The van der Waals surface area contributed by atoms with Gasteiger partial charge in [-0.25, -0.2) is 14.8 Å². The predicted molar refractivity (Wildman–Crippen MR) is 135 cm³/mol. The van der Waals surface area contributed by atoms with Gasteiger partial charge in [0, 0.05) is 44.1 Å². The van der Waals surface area contributed by atoms with Gasteiger partial charge in [-0.2, -0.15) is 0 Å². The van der Waals surface area contributed by atoms with Gasteiger partial charge < -0.3 is 24.6 Å². The van der Waals surface area contributed by atoms with E-state index in [1.807, 2.05) is 47.4 Å². The lowest BCUT2D eigenvalue weighted by Crippen LogP contribution is -2.51. The van der Waals surface area contributed by atoms with E-state index < -0.39 is 0 Å². The van der Waals surface area contributed by atoms with Crippen molar-refractivity contribution in [3.05, 3.63) is 82.8 Å². The Morgan fingerprint density at radius 3 is 2.58 bits per heavy atom. The second-order valence-electron chi connectivity index (χ2n) is 8.63. The highest BCUT2D eigenvalue weighted by Gasteiger charge is 2.25.